The monoisotopic (exact) mass is 493 g/mol. The van der Waals surface area contributed by atoms with Crippen LogP contribution in [-0.4, -0.2) is 49.8 Å². The summed E-state index contributed by atoms with van der Waals surface area (Å²) in [6.07, 6.45) is 2.56. The summed E-state index contributed by atoms with van der Waals surface area (Å²) < 4.78 is 11.3. The minimum absolute atomic E-state index is 0. The number of methoxy groups -OCH3 is 1. The number of rotatable bonds is 9. The molecule has 26 heavy (non-hydrogen) atoms. The normalized spacial score (nSPS) is 19.7. The number of thioether (sulfide) groups is 1. The summed E-state index contributed by atoms with van der Waals surface area (Å²) in [7, 11) is 1.68. The maximum atomic E-state index is 5.74. The maximum absolute atomic E-state index is 5.74. The van der Waals surface area contributed by atoms with Crippen LogP contribution in [0, 0.1) is 0 Å². The fraction of sp³-hybridized carbons (Fsp3) is 0.632. The van der Waals surface area contributed by atoms with Gasteiger partial charge in [0.15, 0.2) is 5.96 Å². The standard InChI is InChI=1S/C19H31N3O2S.HI/c1-4-20-18(22-15-19(2)9-6-12-25-19)21-10-11-24-14-16-7-5-8-17(13-16)23-3;/h5,7-8,13H,4,6,9-12,14-15H2,1-3H3,(H2,20,21,22);1H. The van der Waals surface area contributed by atoms with E-state index in [2.05, 4.69) is 24.5 Å². The minimum atomic E-state index is 0. The van der Waals surface area contributed by atoms with Gasteiger partial charge < -0.3 is 20.1 Å². The summed E-state index contributed by atoms with van der Waals surface area (Å²) in [6, 6.07) is 7.96. The Morgan fingerprint density at radius 3 is 2.88 bits per heavy atom. The number of guanidine groups is 1. The molecule has 5 nitrogen and oxygen atoms in total. The number of hydrogen-bond donors (Lipinski definition) is 2. The van der Waals surface area contributed by atoms with Gasteiger partial charge in [-0.1, -0.05) is 12.1 Å². The molecule has 0 aliphatic carbocycles. The van der Waals surface area contributed by atoms with E-state index in [0.29, 0.717) is 18.0 Å². The van der Waals surface area contributed by atoms with Crippen molar-refractivity contribution in [2.24, 2.45) is 4.99 Å². The molecule has 1 saturated heterocycles. The fourth-order valence-corrected chi connectivity index (χ4v) is 3.97. The second-order valence-electron chi connectivity index (χ2n) is 6.43. The lowest BCUT2D eigenvalue weighted by Gasteiger charge is -2.21. The Kier molecular flexibility index (Phi) is 11.4. The van der Waals surface area contributed by atoms with Crippen molar-refractivity contribution >= 4 is 41.7 Å². The number of ether oxygens (including phenoxy) is 2. The van der Waals surface area contributed by atoms with Crippen LogP contribution in [-0.2, 0) is 11.3 Å². The average Bonchev–Trinajstić information content (AvgIpc) is 3.06. The zero-order chi connectivity index (χ0) is 18.0. The molecule has 0 bridgehead atoms. The molecule has 0 radical (unpaired) electrons. The molecule has 2 N–H and O–H groups in total. The molecular formula is C19H32IN3O2S. The SMILES string of the molecule is CCNC(=NCC1(C)CCCS1)NCCOCc1cccc(OC)c1.I. The van der Waals surface area contributed by atoms with Gasteiger partial charge in [-0.3, -0.25) is 4.99 Å². The van der Waals surface area contributed by atoms with Gasteiger partial charge in [0.25, 0.3) is 0 Å². The highest BCUT2D eigenvalue weighted by Gasteiger charge is 2.29. The van der Waals surface area contributed by atoms with Crippen molar-refractivity contribution in [2.75, 3.05) is 39.1 Å². The Labute approximate surface area is 179 Å². The van der Waals surface area contributed by atoms with Gasteiger partial charge in [0.05, 0.1) is 26.9 Å². The number of hydrogen-bond acceptors (Lipinski definition) is 4. The van der Waals surface area contributed by atoms with Crippen LogP contribution in [0.15, 0.2) is 29.3 Å². The van der Waals surface area contributed by atoms with E-state index in [9.17, 15) is 0 Å². The fourth-order valence-electron chi connectivity index (χ4n) is 2.74. The Balaban J connectivity index is 0.00000338. The van der Waals surface area contributed by atoms with Gasteiger partial charge in [-0.25, -0.2) is 0 Å². The molecule has 1 aliphatic rings. The van der Waals surface area contributed by atoms with Crippen molar-refractivity contribution in [3.05, 3.63) is 29.8 Å². The molecule has 0 aromatic heterocycles. The number of aliphatic imine (C=N–C) groups is 1. The first-order valence-corrected chi connectivity index (χ1v) is 10.0. The lowest BCUT2D eigenvalue weighted by molar-refractivity contribution is 0.125. The topological polar surface area (TPSA) is 54.9 Å². The van der Waals surface area contributed by atoms with Crippen molar-refractivity contribution in [1.29, 1.82) is 0 Å². The summed E-state index contributed by atoms with van der Waals surface area (Å²) in [6.45, 7) is 8.07. The second-order valence-corrected chi connectivity index (χ2v) is 8.11. The Morgan fingerprint density at radius 2 is 2.19 bits per heavy atom. The van der Waals surface area contributed by atoms with E-state index in [1.54, 1.807) is 7.11 Å². The molecule has 1 aromatic rings. The molecule has 1 aromatic carbocycles. The Bertz CT molecular complexity index is 551. The highest BCUT2D eigenvalue weighted by atomic mass is 127. The summed E-state index contributed by atoms with van der Waals surface area (Å²) in [5, 5.41) is 6.66. The summed E-state index contributed by atoms with van der Waals surface area (Å²) >= 11 is 2.04. The molecule has 0 amide bonds. The molecule has 7 heteroatoms. The van der Waals surface area contributed by atoms with Crippen LogP contribution in [0.25, 0.3) is 0 Å². The first-order valence-electron chi connectivity index (χ1n) is 9.02. The van der Waals surface area contributed by atoms with Crippen molar-refractivity contribution in [3.8, 4) is 5.75 Å². The van der Waals surface area contributed by atoms with Crippen molar-refractivity contribution in [2.45, 2.75) is 38.0 Å². The molecule has 1 fully saturated rings. The number of benzene rings is 1. The van der Waals surface area contributed by atoms with Crippen molar-refractivity contribution < 1.29 is 9.47 Å². The Morgan fingerprint density at radius 1 is 1.35 bits per heavy atom. The number of nitrogens with zero attached hydrogens (tertiary/aromatic N) is 1. The predicted molar refractivity (Wildman–Crippen MR) is 122 cm³/mol. The molecule has 0 saturated carbocycles. The largest absolute Gasteiger partial charge is 0.497 e. The van der Waals surface area contributed by atoms with Gasteiger partial charge in [-0.05, 0) is 50.1 Å². The van der Waals surface area contributed by atoms with E-state index < -0.39 is 0 Å². The van der Waals surface area contributed by atoms with Gasteiger partial charge in [-0.15, -0.1) is 24.0 Å². The zero-order valence-electron chi connectivity index (χ0n) is 16.0. The smallest absolute Gasteiger partial charge is 0.191 e. The van der Waals surface area contributed by atoms with E-state index in [4.69, 9.17) is 14.5 Å². The van der Waals surface area contributed by atoms with Crippen molar-refractivity contribution in [1.82, 2.24) is 10.6 Å². The number of nitrogens with one attached hydrogen (secondary N) is 2. The van der Waals surface area contributed by atoms with Gasteiger partial charge in [0.1, 0.15) is 5.75 Å². The average molecular weight is 493 g/mol. The van der Waals surface area contributed by atoms with Crippen LogP contribution >= 0.6 is 35.7 Å². The lowest BCUT2D eigenvalue weighted by atomic mass is 10.1. The van der Waals surface area contributed by atoms with Gasteiger partial charge in [-0.2, -0.15) is 11.8 Å². The lowest BCUT2D eigenvalue weighted by Crippen LogP contribution is -2.40. The molecule has 1 unspecified atom stereocenters. The third-order valence-electron chi connectivity index (χ3n) is 4.16. The predicted octanol–water partition coefficient (Wildman–Crippen LogP) is 3.67. The Hall–Kier alpha value is -0.670. The summed E-state index contributed by atoms with van der Waals surface area (Å²) in [5.74, 6) is 2.99. The molecule has 2 rings (SSSR count). The quantitative estimate of drug-likeness (QED) is 0.238. The van der Waals surface area contributed by atoms with Gasteiger partial charge in [0, 0.05) is 17.8 Å². The highest BCUT2D eigenvalue weighted by molar-refractivity contribution is 14.0. The maximum Gasteiger partial charge on any atom is 0.191 e. The third kappa shape index (κ3) is 8.35. The van der Waals surface area contributed by atoms with Gasteiger partial charge >= 0.3 is 0 Å². The van der Waals surface area contributed by atoms with Crippen LogP contribution in [0.5, 0.6) is 5.75 Å². The van der Waals surface area contributed by atoms with Crippen LogP contribution in [0.1, 0.15) is 32.3 Å². The zero-order valence-corrected chi connectivity index (χ0v) is 19.2. The van der Waals surface area contributed by atoms with E-state index in [0.717, 1.165) is 36.9 Å². The van der Waals surface area contributed by atoms with Crippen LogP contribution < -0.4 is 15.4 Å². The van der Waals surface area contributed by atoms with E-state index in [-0.39, 0.29) is 24.0 Å². The van der Waals surface area contributed by atoms with Crippen LogP contribution in [0.4, 0.5) is 0 Å². The summed E-state index contributed by atoms with van der Waals surface area (Å²) in [5.41, 5.74) is 1.12. The van der Waals surface area contributed by atoms with Crippen LogP contribution in [0.3, 0.4) is 0 Å². The van der Waals surface area contributed by atoms with E-state index in [1.165, 1.54) is 18.6 Å². The molecule has 1 aliphatic heterocycles. The third-order valence-corrected chi connectivity index (χ3v) is 5.68. The molecule has 0 spiro atoms. The van der Waals surface area contributed by atoms with Gasteiger partial charge in [0.2, 0.25) is 0 Å². The van der Waals surface area contributed by atoms with E-state index in [1.807, 2.05) is 36.0 Å². The van der Waals surface area contributed by atoms with E-state index >= 15 is 0 Å². The molecule has 1 atom stereocenters. The number of halogens is 1. The minimum Gasteiger partial charge on any atom is -0.497 e. The molecule has 1 heterocycles. The molecular weight excluding hydrogens is 461 g/mol. The van der Waals surface area contributed by atoms with Crippen molar-refractivity contribution in [3.63, 3.8) is 0 Å². The van der Waals surface area contributed by atoms with Crippen LogP contribution in [0.2, 0.25) is 0 Å². The first kappa shape index (κ1) is 23.4. The summed E-state index contributed by atoms with van der Waals surface area (Å²) in [4.78, 5) is 4.75. The first-order chi connectivity index (χ1) is 12.1. The second kappa shape index (κ2) is 12.7. The molecule has 148 valence electrons. The highest BCUT2D eigenvalue weighted by Crippen LogP contribution is 2.37.